The van der Waals surface area contributed by atoms with Crippen molar-refractivity contribution in [2.75, 3.05) is 0 Å². The molecule has 0 bridgehead atoms. The SMILES string of the molecule is N#Cc1cc(-c2ncon2)c(-c2ccccn2)c(-n2ccnc2)c1. The fraction of sp³-hybridized carbons (Fsp3) is 0. The summed E-state index contributed by atoms with van der Waals surface area (Å²) in [5.41, 5.74) is 3.47. The minimum absolute atomic E-state index is 0.397. The molecule has 0 saturated heterocycles. The zero-order valence-electron chi connectivity index (χ0n) is 12.4. The molecule has 1 aromatic carbocycles. The monoisotopic (exact) mass is 314 g/mol. The maximum absolute atomic E-state index is 9.39. The molecular formula is C17H10N6O. The molecule has 3 heterocycles. The zero-order valence-corrected chi connectivity index (χ0v) is 12.4. The van der Waals surface area contributed by atoms with E-state index in [0.717, 1.165) is 16.9 Å². The summed E-state index contributed by atoms with van der Waals surface area (Å²) in [5, 5.41) is 13.3. The Morgan fingerprint density at radius 2 is 2.08 bits per heavy atom. The van der Waals surface area contributed by atoms with Crippen molar-refractivity contribution in [1.29, 1.82) is 5.26 Å². The summed E-state index contributed by atoms with van der Waals surface area (Å²) in [5.74, 6) is 0.397. The van der Waals surface area contributed by atoms with Crippen molar-refractivity contribution in [3.05, 3.63) is 67.2 Å². The van der Waals surface area contributed by atoms with Gasteiger partial charge in [0.2, 0.25) is 12.2 Å². The molecule has 4 rings (SSSR count). The van der Waals surface area contributed by atoms with E-state index in [4.69, 9.17) is 4.52 Å². The third-order valence-corrected chi connectivity index (χ3v) is 3.55. The van der Waals surface area contributed by atoms with E-state index in [1.807, 2.05) is 29.0 Å². The number of nitriles is 1. The van der Waals surface area contributed by atoms with Gasteiger partial charge in [-0.2, -0.15) is 10.2 Å². The highest BCUT2D eigenvalue weighted by Crippen LogP contribution is 2.35. The van der Waals surface area contributed by atoms with E-state index in [1.54, 1.807) is 30.9 Å². The molecule has 7 nitrogen and oxygen atoms in total. The summed E-state index contributed by atoms with van der Waals surface area (Å²) in [6, 6.07) is 11.3. The van der Waals surface area contributed by atoms with Crippen molar-refractivity contribution in [2.24, 2.45) is 0 Å². The molecular weight excluding hydrogens is 304 g/mol. The lowest BCUT2D eigenvalue weighted by atomic mass is 9.98. The van der Waals surface area contributed by atoms with E-state index in [0.29, 0.717) is 17.0 Å². The van der Waals surface area contributed by atoms with Gasteiger partial charge in [0, 0.05) is 29.7 Å². The van der Waals surface area contributed by atoms with Crippen LogP contribution in [0.15, 0.2) is 66.2 Å². The van der Waals surface area contributed by atoms with Crippen LogP contribution >= 0.6 is 0 Å². The number of hydrogen-bond donors (Lipinski definition) is 0. The van der Waals surface area contributed by atoms with Crippen LogP contribution < -0.4 is 0 Å². The Morgan fingerprint density at radius 3 is 2.75 bits per heavy atom. The van der Waals surface area contributed by atoms with Crippen LogP contribution in [0.1, 0.15) is 5.56 Å². The summed E-state index contributed by atoms with van der Waals surface area (Å²) >= 11 is 0. The van der Waals surface area contributed by atoms with Gasteiger partial charge in [-0.15, -0.1) is 0 Å². The number of pyridine rings is 1. The van der Waals surface area contributed by atoms with Gasteiger partial charge in [0.15, 0.2) is 0 Å². The van der Waals surface area contributed by atoms with E-state index in [-0.39, 0.29) is 0 Å². The summed E-state index contributed by atoms with van der Waals surface area (Å²) in [6.07, 6.45) is 8.12. The summed E-state index contributed by atoms with van der Waals surface area (Å²) < 4.78 is 6.71. The average Bonchev–Trinajstić information content (AvgIpc) is 3.35. The Labute approximate surface area is 136 Å². The Kier molecular flexibility index (Phi) is 3.33. The molecule has 0 fully saturated rings. The maximum atomic E-state index is 9.39. The van der Waals surface area contributed by atoms with Gasteiger partial charge < -0.3 is 9.09 Å². The van der Waals surface area contributed by atoms with Gasteiger partial charge in [-0.1, -0.05) is 11.2 Å². The number of nitrogens with zero attached hydrogens (tertiary/aromatic N) is 6. The highest BCUT2D eigenvalue weighted by Gasteiger charge is 2.19. The quantitative estimate of drug-likeness (QED) is 0.577. The number of hydrogen-bond acceptors (Lipinski definition) is 6. The minimum atomic E-state index is 0.397. The van der Waals surface area contributed by atoms with E-state index in [1.165, 1.54) is 6.39 Å². The molecule has 24 heavy (non-hydrogen) atoms. The molecule has 0 spiro atoms. The number of imidazole rings is 1. The Bertz CT molecular complexity index is 946. The van der Waals surface area contributed by atoms with Gasteiger partial charge in [-0.3, -0.25) is 4.98 Å². The van der Waals surface area contributed by atoms with Crippen LogP contribution in [0.3, 0.4) is 0 Å². The smallest absolute Gasteiger partial charge is 0.214 e. The van der Waals surface area contributed by atoms with E-state index >= 15 is 0 Å². The predicted octanol–water partition coefficient (Wildman–Crippen LogP) is 2.86. The second kappa shape index (κ2) is 5.78. The Morgan fingerprint density at radius 1 is 1.12 bits per heavy atom. The molecule has 7 heteroatoms. The zero-order chi connectivity index (χ0) is 16.4. The van der Waals surface area contributed by atoms with Gasteiger partial charge in [0.25, 0.3) is 0 Å². The van der Waals surface area contributed by atoms with Crippen molar-refractivity contribution < 1.29 is 4.52 Å². The maximum Gasteiger partial charge on any atom is 0.214 e. The second-order valence-electron chi connectivity index (χ2n) is 4.97. The van der Waals surface area contributed by atoms with Crippen LogP contribution in [0.2, 0.25) is 0 Å². The van der Waals surface area contributed by atoms with Crippen molar-refractivity contribution in [2.45, 2.75) is 0 Å². The first-order valence-corrected chi connectivity index (χ1v) is 7.11. The van der Waals surface area contributed by atoms with Gasteiger partial charge in [0.1, 0.15) is 0 Å². The van der Waals surface area contributed by atoms with Gasteiger partial charge in [-0.05, 0) is 24.3 Å². The number of benzene rings is 1. The first-order chi connectivity index (χ1) is 11.9. The molecule has 0 amide bonds. The highest BCUT2D eigenvalue weighted by molar-refractivity contribution is 5.86. The third-order valence-electron chi connectivity index (χ3n) is 3.55. The fourth-order valence-corrected chi connectivity index (χ4v) is 2.54. The first kappa shape index (κ1) is 13.8. The van der Waals surface area contributed by atoms with Gasteiger partial charge in [-0.25, -0.2) is 4.98 Å². The van der Waals surface area contributed by atoms with Crippen LogP contribution in [0, 0.1) is 11.3 Å². The van der Waals surface area contributed by atoms with Crippen LogP contribution in [0.25, 0.3) is 28.3 Å². The van der Waals surface area contributed by atoms with Crippen LogP contribution in [-0.2, 0) is 0 Å². The number of rotatable bonds is 3. The average molecular weight is 314 g/mol. The van der Waals surface area contributed by atoms with Crippen LogP contribution in [-0.4, -0.2) is 24.7 Å². The molecule has 0 atom stereocenters. The third kappa shape index (κ3) is 2.32. The largest absolute Gasteiger partial charge is 0.342 e. The molecule has 0 aliphatic rings. The van der Waals surface area contributed by atoms with E-state index in [2.05, 4.69) is 26.2 Å². The summed E-state index contributed by atoms with van der Waals surface area (Å²) in [7, 11) is 0. The van der Waals surface area contributed by atoms with E-state index in [9.17, 15) is 5.26 Å². The molecule has 0 saturated carbocycles. The van der Waals surface area contributed by atoms with Crippen LogP contribution in [0.5, 0.6) is 0 Å². The molecule has 114 valence electrons. The fourth-order valence-electron chi connectivity index (χ4n) is 2.54. The Hall–Kier alpha value is -3.79. The normalized spacial score (nSPS) is 10.5. The molecule has 0 radical (unpaired) electrons. The second-order valence-corrected chi connectivity index (χ2v) is 4.97. The van der Waals surface area contributed by atoms with E-state index < -0.39 is 0 Å². The lowest BCUT2D eigenvalue weighted by molar-refractivity contribution is 0.419. The topological polar surface area (TPSA) is 93.4 Å². The van der Waals surface area contributed by atoms with Crippen molar-refractivity contribution in [3.63, 3.8) is 0 Å². The Balaban J connectivity index is 2.09. The lowest BCUT2D eigenvalue weighted by Crippen LogP contribution is -2.00. The molecule has 4 aromatic rings. The molecule has 0 aliphatic carbocycles. The molecule has 0 N–H and O–H groups in total. The standard InChI is InChI=1S/C17H10N6O/c18-9-12-7-13(17-21-11-24-22-17)16(14-3-1-2-4-20-14)15(8-12)23-6-5-19-10-23/h1-8,10-11H. The molecule has 0 unspecified atom stereocenters. The van der Waals surface area contributed by atoms with Gasteiger partial charge >= 0.3 is 0 Å². The van der Waals surface area contributed by atoms with Gasteiger partial charge in [0.05, 0.1) is 29.3 Å². The minimum Gasteiger partial charge on any atom is -0.342 e. The molecule has 3 aromatic heterocycles. The summed E-state index contributed by atoms with van der Waals surface area (Å²) in [6.45, 7) is 0. The highest BCUT2D eigenvalue weighted by atomic mass is 16.5. The number of aromatic nitrogens is 5. The van der Waals surface area contributed by atoms with Crippen LogP contribution in [0.4, 0.5) is 0 Å². The van der Waals surface area contributed by atoms with Crippen molar-refractivity contribution in [3.8, 4) is 34.4 Å². The molecule has 0 aliphatic heterocycles. The van der Waals surface area contributed by atoms with Crippen molar-refractivity contribution in [1.82, 2.24) is 24.7 Å². The lowest BCUT2D eigenvalue weighted by Gasteiger charge is -2.14. The first-order valence-electron chi connectivity index (χ1n) is 7.11. The predicted molar refractivity (Wildman–Crippen MR) is 84.8 cm³/mol. The van der Waals surface area contributed by atoms with Crippen molar-refractivity contribution >= 4 is 0 Å². The summed E-state index contributed by atoms with van der Waals surface area (Å²) in [4.78, 5) is 12.7.